The van der Waals surface area contributed by atoms with Crippen LogP contribution >= 0.6 is 0 Å². The number of rotatable bonds is 4. The molecule has 0 aromatic heterocycles. The normalized spacial score (nSPS) is 17.3. The van der Waals surface area contributed by atoms with E-state index in [2.05, 4.69) is 24.5 Å². The van der Waals surface area contributed by atoms with Crippen LogP contribution in [0.5, 0.6) is 0 Å². The molecule has 0 saturated carbocycles. The van der Waals surface area contributed by atoms with E-state index >= 15 is 0 Å². The Morgan fingerprint density at radius 2 is 1.89 bits per heavy atom. The van der Waals surface area contributed by atoms with Gasteiger partial charge >= 0.3 is 0 Å². The molecule has 2 heteroatoms. The third-order valence-electron chi connectivity index (χ3n) is 1.95. The molecular weight excluding hydrogens is 112 g/mol. The van der Waals surface area contributed by atoms with Crippen molar-refractivity contribution in [2.45, 2.75) is 25.8 Å². The van der Waals surface area contributed by atoms with Gasteiger partial charge in [0, 0.05) is 12.1 Å². The van der Waals surface area contributed by atoms with Crippen molar-refractivity contribution in [1.82, 2.24) is 10.6 Å². The van der Waals surface area contributed by atoms with Crippen LogP contribution in [0.1, 0.15) is 20.3 Å². The van der Waals surface area contributed by atoms with Gasteiger partial charge in [0.05, 0.1) is 0 Å². The van der Waals surface area contributed by atoms with Gasteiger partial charge in [-0.05, 0) is 27.4 Å². The third kappa shape index (κ3) is 2.82. The first-order valence-corrected chi connectivity index (χ1v) is 3.52. The SMILES string of the molecule is CCC(C)(CNC)NC. The summed E-state index contributed by atoms with van der Waals surface area (Å²) in [5.41, 5.74) is 0.273. The van der Waals surface area contributed by atoms with Crippen LogP contribution in [0.15, 0.2) is 0 Å². The molecule has 0 heterocycles. The predicted molar refractivity (Wildman–Crippen MR) is 41.7 cm³/mol. The summed E-state index contributed by atoms with van der Waals surface area (Å²) in [6.07, 6.45) is 1.16. The van der Waals surface area contributed by atoms with E-state index in [0.29, 0.717) is 0 Å². The maximum atomic E-state index is 3.27. The lowest BCUT2D eigenvalue weighted by Gasteiger charge is -2.27. The summed E-state index contributed by atoms with van der Waals surface area (Å²) in [5, 5.41) is 6.41. The maximum absolute atomic E-state index is 3.27. The molecule has 0 spiro atoms. The number of likely N-dealkylation sites (N-methyl/N-ethyl adjacent to an activating group) is 2. The molecule has 0 aromatic carbocycles. The molecule has 0 aliphatic carbocycles. The van der Waals surface area contributed by atoms with Gasteiger partial charge in [0.1, 0.15) is 0 Å². The smallest absolute Gasteiger partial charge is 0.0272 e. The van der Waals surface area contributed by atoms with Crippen LogP contribution in [0.25, 0.3) is 0 Å². The van der Waals surface area contributed by atoms with Crippen molar-refractivity contribution in [3.8, 4) is 0 Å². The Bertz CT molecular complexity index is 67.3. The molecule has 0 radical (unpaired) electrons. The zero-order valence-corrected chi connectivity index (χ0v) is 6.91. The molecule has 0 aliphatic rings. The summed E-state index contributed by atoms with van der Waals surface area (Å²) in [5.74, 6) is 0. The Kier molecular flexibility index (Phi) is 3.82. The summed E-state index contributed by atoms with van der Waals surface area (Å²) in [7, 11) is 3.98. The Hall–Kier alpha value is -0.0800. The van der Waals surface area contributed by atoms with Crippen molar-refractivity contribution >= 4 is 0 Å². The number of hydrogen-bond acceptors (Lipinski definition) is 2. The largest absolute Gasteiger partial charge is 0.318 e. The molecule has 0 aromatic rings. The van der Waals surface area contributed by atoms with Crippen molar-refractivity contribution in [2.24, 2.45) is 0 Å². The molecule has 0 saturated heterocycles. The first kappa shape index (κ1) is 8.92. The van der Waals surface area contributed by atoms with Gasteiger partial charge in [-0.3, -0.25) is 0 Å². The van der Waals surface area contributed by atoms with E-state index < -0.39 is 0 Å². The Balaban J connectivity index is 3.62. The van der Waals surface area contributed by atoms with Crippen molar-refractivity contribution < 1.29 is 0 Å². The first-order chi connectivity index (χ1) is 4.18. The zero-order chi connectivity index (χ0) is 7.33. The molecule has 0 rings (SSSR count). The molecule has 2 N–H and O–H groups in total. The van der Waals surface area contributed by atoms with Crippen molar-refractivity contribution in [1.29, 1.82) is 0 Å². The van der Waals surface area contributed by atoms with Gasteiger partial charge in [-0.25, -0.2) is 0 Å². The van der Waals surface area contributed by atoms with E-state index in [1.54, 1.807) is 0 Å². The van der Waals surface area contributed by atoms with Crippen LogP contribution in [-0.2, 0) is 0 Å². The fraction of sp³-hybridized carbons (Fsp3) is 1.00. The van der Waals surface area contributed by atoms with Gasteiger partial charge in [0.25, 0.3) is 0 Å². The van der Waals surface area contributed by atoms with E-state index in [0.717, 1.165) is 13.0 Å². The summed E-state index contributed by atoms with van der Waals surface area (Å²) < 4.78 is 0. The van der Waals surface area contributed by atoms with Crippen LogP contribution in [-0.4, -0.2) is 26.2 Å². The molecule has 1 atom stereocenters. The lowest BCUT2D eigenvalue weighted by Crippen LogP contribution is -2.46. The molecule has 9 heavy (non-hydrogen) atoms. The highest BCUT2D eigenvalue weighted by molar-refractivity contribution is 4.81. The van der Waals surface area contributed by atoms with Crippen LogP contribution in [0.3, 0.4) is 0 Å². The van der Waals surface area contributed by atoms with Crippen LogP contribution < -0.4 is 10.6 Å². The molecule has 0 aliphatic heterocycles. The second-order valence-corrected chi connectivity index (χ2v) is 2.69. The molecule has 0 fully saturated rings. The summed E-state index contributed by atoms with van der Waals surface area (Å²) in [4.78, 5) is 0. The molecule has 0 bridgehead atoms. The lowest BCUT2D eigenvalue weighted by molar-refractivity contribution is 0.359. The number of hydrogen-bond donors (Lipinski definition) is 2. The van der Waals surface area contributed by atoms with E-state index in [-0.39, 0.29) is 5.54 Å². The minimum Gasteiger partial charge on any atom is -0.318 e. The lowest BCUT2D eigenvalue weighted by atomic mass is 10.00. The summed E-state index contributed by atoms with van der Waals surface area (Å²) in [6.45, 7) is 5.43. The minimum absolute atomic E-state index is 0.273. The molecule has 2 nitrogen and oxygen atoms in total. The fourth-order valence-corrected chi connectivity index (χ4v) is 0.780. The summed E-state index contributed by atoms with van der Waals surface area (Å²) in [6, 6.07) is 0. The zero-order valence-electron chi connectivity index (χ0n) is 6.91. The standard InChI is InChI=1S/C7H18N2/c1-5-7(2,9-4)6-8-3/h8-9H,5-6H2,1-4H3. The van der Waals surface area contributed by atoms with Gasteiger partial charge < -0.3 is 10.6 Å². The molecule has 56 valence electrons. The summed E-state index contributed by atoms with van der Waals surface area (Å²) >= 11 is 0. The van der Waals surface area contributed by atoms with Crippen LogP contribution in [0, 0.1) is 0 Å². The van der Waals surface area contributed by atoms with Crippen molar-refractivity contribution in [3.05, 3.63) is 0 Å². The quantitative estimate of drug-likeness (QED) is 0.582. The highest BCUT2D eigenvalue weighted by Gasteiger charge is 2.16. The second-order valence-electron chi connectivity index (χ2n) is 2.69. The monoisotopic (exact) mass is 130 g/mol. The van der Waals surface area contributed by atoms with E-state index in [9.17, 15) is 0 Å². The van der Waals surface area contributed by atoms with Crippen LogP contribution in [0.4, 0.5) is 0 Å². The van der Waals surface area contributed by atoms with Gasteiger partial charge in [-0.1, -0.05) is 6.92 Å². The fourth-order valence-electron chi connectivity index (χ4n) is 0.780. The highest BCUT2D eigenvalue weighted by Crippen LogP contribution is 2.04. The Morgan fingerprint density at radius 3 is 2.00 bits per heavy atom. The third-order valence-corrected chi connectivity index (χ3v) is 1.95. The second kappa shape index (κ2) is 3.85. The van der Waals surface area contributed by atoms with E-state index in [1.807, 2.05) is 14.1 Å². The molecule has 1 unspecified atom stereocenters. The van der Waals surface area contributed by atoms with Gasteiger partial charge in [-0.2, -0.15) is 0 Å². The van der Waals surface area contributed by atoms with Gasteiger partial charge in [0.15, 0.2) is 0 Å². The van der Waals surface area contributed by atoms with Gasteiger partial charge in [-0.15, -0.1) is 0 Å². The van der Waals surface area contributed by atoms with Crippen LogP contribution in [0.2, 0.25) is 0 Å². The Labute approximate surface area is 58.0 Å². The Morgan fingerprint density at radius 1 is 1.33 bits per heavy atom. The topological polar surface area (TPSA) is 24.1 Å². The minimum atomic E-state index is 0.273. The highest BCUT2D eigenvalue weighted by atomic mass is 15.0. The molecule has 0 amide bonds. The average Bonchev–Trinajstić information content (AvgIpc) is 1.89. The average molecular weight is 130 g/mol. The maximum Gasteiger partial charge on any atom is 0.0272 e. The van der Waals surface area contributed by atoms with E-state index in [4.69, 9.17) is 0 Å². The van der Waals surface area contributed by atoms with Crippen molar-refractivity contribution in [2.75, 3.05) is 20.6 Å². The van der Waals surface area contributed by atoms with Gasteiger partial charge in [0.2, 0.25) is 0 Å². The predicted octanol–water partition coefficient (Wildman–Crippen LogP) is 0.594. The van der Waals surface area contributed by atoms with E-state index in [1.165, 1.54) is 0 Å². The van der Waals surface area contributed by atoms with Crippen molar-refractivity contribution in [3.63, 3.8) is 0 Å². The molecular formula is C7H18N2. The number of nitrogens with one attached hydrogen (secondary N) is 2. The first-order valence-electron chi connectivity index (χ1n) is 3.52.